The van der Waals surface area contributed by atoms with Gasteiger partial charge in [0.15, 0.2) is 0 Å². The van der Waals surface area contributed by atoms with Crippen LogP contribution in [0, 0.1) is 3.57 Å². The van der Waals surface area contributed by atoms with Crippen molar-refractivity contribution in [3.8, 4) is 0 Å². The fraction of sp³-hybridized carbons (Fsp3) is 0.267. The van der Waals surface area contributed by atoms with Gasteiger partial charge in [0, 0.05) is 15.8 Å². The summed E-state index contributed by atoms with van der Waals surface area (Å²) in [5.41, 5.74) is 2.56. The number of nitrogens with zero attached hydrogens (tertiary/aromatic N) is 1. The van der Waals surface area contributed by atoms with E-state index in [4.69, 9.17) is 4.74 Å². The van der Waals surface area contributed by atoms with Gasteiger partial charge in [0.1, 0.15) is 6.10 Å². The highest BCUT2D eigenvalue weighted by Crippen LogP contribution is 2.27. The van der Waals surface area contributed by atoms with Crippen molar-refractivity contribution >= 4 is 22.6 Å². The van der Waals surface area contributed by atoms with Gasteiger partial charge < -0.3 is 9.30 Å². The molecule has 1 aliphatic rings. The third-order valence-electron chi connectivity index (χ3n) is 3.40. The number of rotatable bonds is 2. The summed E-state index contributed by atoms with van der Waals surface area (Å²) in [6.45, 7) is 1.30. The summed E-state index contributed by atoms with van der Waals surface area (Å²) in [5.74, 6) is 0. The van der Waals surface area contributed by atoms with E-state index in [1.165, 1.54) is 11.1 Å². The number of pyridine rings is 1. The maximum absolute atomic E-state index is 11.9. The first kappa shape index (κ1) is 12.9. The van der Waals surface area contributed by atoms with E-state index >= 15 is 0 Å². The van der Waals surface area contributed by atoms with Crippen LogP contribution >= 0.6 is 22.6 Å². The summed E-state index contributed by atoms with van der Waals surface area (Å²) >= 11 is 2.22. The van der Waals surface area contributed by atoms with E-state index in [0.29, 0.717) is 6.54 Å². The summed E-state index contributed by atoms with van der Waals surface area (Å²) in [4.78, 5) is 11.9. The molecule has 1 atom stereocenters. The molecule has 0 N–H and O–H groups in total. The highest BCUT2D eigenvalue weighted by atomic mass is 127. The molecule has 0 amide bonds. The Labute approximate surface area is 125 Å². The highest BCUT2D eigenvalue weighted by molar-refractivity contribution is 14.1. The van der Waals surface area contributed by atoms with Crippen LogP contribution in [0.5, 0.6) is 0 Å². The average molecular weight is 367 g/mol. The number of fused-ring (bicyclic) bond motifs is 1. The van der Waals surface area contributed by atoms with E-state index in [1.807, 2.05) is 18.3 Å². The Morgan fingerprint density at radius 1 is 1.26 bits per heavy atom. The number of halogens is 1. The molecule has 1 aromatic heterocycles. The first-order valence-corrected chi connectivity index (χ1v) is 7.37. The van der Waals surface area contributed by atoms with Crippen LogP contribution in [0.4, 0.5) is 0 Å². The Morgan fingerprint density at radius 3 is 3.00 bits per heavy atom. The van der Waals surface area contributed by atoms with Crippen LogP contribution in [0.15, 0.2) is 47.4 Å². The van der Waals surface area contributed by atoms with Gasteiger partial charge in [-0.1, -0.05) is 24.3 Å². The fourth-order valence-electron chi connectivity index (χ4n) is 2.45. The molecule has 0 radical (unpaired) electrons. The van der Waals surface area contributed by atoms with Crippen molar-refractivity contribution in [2.45, 2.75) is 19.1 Å². The SMILES string of the molecule is O=c1ccc(I)cn1CC1OCCc2ccccc21. The van der Waals surface area contributed by atoms with Gasteiger partial charge in [-0.15, -0.1) is 0 Å². The molecular formula is C15H14INO2. The molecule has 1 aromatic carbocycles. The highest BCUT2D eigenvalue weighted by Gasteiger charge is 2.20. The molecule has 3 nitrogen and oxygen atoms in total. The molecule has 2 heterocycles. The molecule has 0 spiro atoms. The van der Waals surface area contributed by atoms with Gasteiger partial charge in [0.05, 0.1) is 13.2 Å². The molecule has 2 aromatic rings. The number of hydrogen-bond acceptors (Lipinski definition) is 2. The zero-order valence-electron chi connectivity index (χ0n) is 10.4. The number of aromatic nitrogens is 1. The standard InChI is InChI=1S/C15H14INO2/c16-12-5-6-15(18)17(9-12)10-14-13-4-2-1-3-11(13)7-8-19-14/h1-6,9,14H,7-8,10H2. The van der Waals surface area contributed by atoms with Crippen molar-refractivity contribution in [3.63, 3.8) is 0 Å². The molecule has 0 saturated heterocycles. The maximum atomic E-state index is 11.9. The molecule has 3 rings (SSSR count). The molecule has 0 fully saturated rings. The molecule has 1 aliphatic heterocycles. The van der Waals surface area contributed by atoms with E-state index in [1.54, 1.807) is 10.6 Å². The summed E-state index contributed by atoms with van der Waals surface area (Å²) < 4.78 is 8.63. The van der Waals surface area contributed by atoms with Crippen molar-refractivity contribution in [2.75, 3.05) is 6.61 Å². The second kappa shape index (κ2) is 5.46. The minimum atomic E-state index is -0.0270. The predicted molar refractivity (Wildman–Crippen MR) is 82.3 cm³/mol. The van der Waals surface area contributed by atoms with E-state index in [2.05, 4.69) is 40.8 Å². The van der Waals surface area contributed by atoms with Crippen LogP contribution in [-0.2, 0) is 17.7 Å². The summed E-state index contributed by atoms with van der Waals surface area (Å²) in [6.07, 6.45) is 2.80. The van der Waals surface area contributed by atoms with E-state index < -0.39 is 0 Å². The van der Waals surface area contributed by atoms with Gasteiger partial charge in [0.2, 0.25) is 0 Å². The monoisotopic (exact) mass is 367 g/mol. The van der Waals surface area contributed by atoms with Crippen molar-refractivity contribution in [2.24, 2.45) is 0 Å². The van der Waals surface area contributed by atoms with Gasteiger partial charge in [0.25, 0.3) is 5.56 Å². The molecule has 0 saturated carbocycles. The lowest BCUT2D eigenvalue weighted by atomic mass is 9.97. The zero-order valence-corrected chi connectivity index (χ0v) is 12.5. The Hall–Kier alpha value is -1.14. The van der Waals surface area contributed by atoms with Gasteiger partial charge in [-0.05, 0) is 46.2 Å². The molecule has 98 valence electrons. The van der Waals surface area contributed by atoms with Gasteiger partial charge in [-0.2, -0.15) is 0 Å². The lowest BCUT2D eigenvalue weighted by Gasteiger charge is -2.26. The van der Waals surface area contributed by atoms with Crippen LogP contribution in [0.1, 0.15) is 17.2 Å². The minimum absolute atomic E-state index is 0.0204. The molecule has 19 heavy (non-hydrogen) atoms. The Balaban J connectivity index is 1.93. The third-order valence-corrected chi connectivity index (χ3v) is 4.04. The summed E-state index contributed by atoms with van der Waals surface area (Å²) in [5, 5.41) is 0. The maximum Gasteiger partial charge on any atom is 0.250 e. The van der Waals surface area contributed by atoms with Crippen LogP contribution in [0.25, 0.3) is 0 Å². The number of hydrogen-bond donors (Lipinski definition) is 0. The Kier molecular flexibility index (Phi) is 3.70. The molecule has 1 unspecified atom stereocenters. The molecule has 0 aliphatic carbocycles. The summed E-state index contributed by atoms with van der Waals surface area (Å²) in [7, 11) is 0. The van der Waals surface area contributed by atoms with E-state index in [0.717, 1.165) is 16.6 Å². The van der Waals surface area contributed by atoms with E-state index in [-0.39, 0.29) is 11.7 Å². The number of ether oxygens (including phenoxy) is 1. The lowest BCUT2D eigenvalue weighted by molar-refractivity contribution is 0.0299. The summed E-state index contributed by atoms with van der Waals surface area (Å²) in [6, 6.07) is 11.8. The second-order valence-corrected chi connectivity index (χ2v) is 5.89. The van der Waals surface area contributed by atoms with Crippen molar-refractivity contribution in [1.29, 1.82) is 0 Å². The van der Waals surface area contributed by atoms with Crippen LogP contribution in [0.2, 0.25) is 0 Å². The van der Waals surface area contributed by atoms with Crippen LogP contribution in [0.3, 0.4) is 0 Å². The normalized spacial score (nSPS) is 18.1. The van der Waals surface area contributed by atoms with Gasteiger partial charge in [-0.25, -0.2) is 0 Å². The quantitative estimate of drug-likeness (QED) is 0.765. The van der Waals surface area contributed by atoms with Gasteiger partial charge >= 0.3 is 0 Å². The fourth-order valence-corrected chi connectivity index (χ4v) is 2.97. The molecular weight excluding hydrogens is 353 g/mol. The first-order valence-electron chi connectivity index (χ1n) is 6.29. The topological polar surface area (TPSA) is 31.2 Å². The number of benzene rings is 1. The van der Waals surface area contributed by atoms with Crippen molar-refractivity contribution in [3.05, 3.63) is 67.6 Å². The molecule has 0 bridgehead atoms. The Morgan fingerprint density at radius 2 is 2.11 bits per heavy atom. The largest absolute Gasteiger partial charge is 0.371 e. The average Bonchev–Trinajstić information content (AvgIpc) is 2.43. The second-order valence-electron chi connectivity index (χ2n) is 4.65. The van der Waals surface area contributed by atoms with Crippen molar-refractivity contribution < 1.29 is 4.74 Å². The van der Waals surface area contributed by atoms with E-state index in [9.17, 15) is 4.79 Å². The third kappa shape index (κ3) is 2.74. The predicted octanol–water partition coefficient (Wildman–Crippen LogP) is 2.77. The minimum Gasteiger partial charge on any atom is -0.371 e. The van der Waals surface area contributed by atoms with Gasteiger partial charge in [-0.3, -0.25) is 4.79 Å². The lowest BCUT2D eigenvalue weighted by Crippen LogP contribution is -2.26. The van der Waals surface area contributed by atoms with Crippen molar-refractivity contribution in [1.82, 2.24) is 4.57 Å². The zero-order chi connectivity index (χ0) is 13.2. The first-order chi connectivity index (χ1) is 9.24. The Bertz CT molecular complexity index is 651. The smallest absolute Gasteiger partial charge is 0.250 e. The van der Waals surface area contributed by atoms with Crippen LogP contribution < -0.4 is 5.56 Å². The molecule has 4 heteroatoms. The van der Waals surface area contributed by atoms with Crippen LogP contribution in [-0.4, -0.2) is 11.2 Å².